The number of alkyl carbamates (subject to hydrolysis) is 1. The molecule has 5 atom stereocenters. The molecule has 1 rings (SSSR count). The van der Waals surface area contributed by atoms with Crippen molar-refractivity contribution in [3.05, 3.63) is 0 Å². The minimum absolute atomic E-state index is 0.294. The van der Waals surface area contributed by atoms with Crippen molar-refractivity contribution < 1.29 is 42.9 Å². The van der Waals surface area contributed by atoms with E-state index in [1.54, 1.807) is 0 Å². The van der Waals surface area contributed by atoms with Crippen LogP contribution in [0, 0.1) is 0 Å². The average molecular weight is 544 g/mol. The highest BCUT2D eigenvalue weighted by Crippen LogP contribution is 2.30. The molecule has 10 nitrogen and oxygen atoms in total. The van der Waals surface area contributed by atoms with E-state index in [0.29, 0.717) is 0 Å². The molecule has 1 N–H and O–H groups in total. The summed E-state index contributed by atoms with van der Waals surface area (Å²) < 4.78 is 24.0. The molecule has 1 aliphatic rings. The van der Waals surface area contributed by atoms with Crippen LogP contribution < -0.4 is 5.32 Å². The van der Waals surface area contributed by atoms with Gasteiger partial charge in [0.25, 0.3) is 0 Å². The number of halogens is 4. The second kappa shape index (κ2) is 11.4. The van der Waals surface area contributed by atoms with Crippen molar-refractivity contribution in [3.63, 3.8) is 0 Å². The molecule has 14 heteroatoms. The first-order valence-electron chi connectivity index (χ1n) is 8.07. The average Bonchev–Trinajstić information content (AvgIpc) is 2.55. The van der Waals surface area contributed by atoms with E-state index >= 15 is 0 Å². The summed E-state index contributed by atoms with van der Waals surface area (Å²) >= 11 is 19.8. The highest BCUT2D eigenvalue weighted by atomic mass is 79.9. The van der Waals surface area contributed by atoms with E-state index in [0.717, 1.165) is 13.8 Å². The molecule has 0 aromatic rings. The zero-order chi connectivity index (χ0) is 22.4. The van der Waals surface area contributed by atoms with Gasteiger partial charge in [0.2, 0.25) is 3.79 Å². The molecule has 0 saturated carbocycles. The zero-order valence-electron chi connectivity index (χ0n) is 15.5. The quantitative estimate of drug-likeness (QED) is 0.304. The number of ether oxygens (including phenoxy) is 5. The van der Waals surface area contributed by atoms with Crippen LogP contribution in [-0.2, 0) is 38.1 Å². The minimum Gasteiger partial charge on any atom is -0.463 e. The second-order valence-electron chi connectivity index (χ2n) is 5.84. The molecule has 0 spiro atoms. The number of esters is 3. The van der Waals surface area contributed by atoms with Crippen LogP contribution in [0.15, 0.2) is 0 Å². The van der Waals surface area contributed by atoms with Crippen molar-refractivity contribution in [2.45, 2.75) is 53.9 Å². The van der Waals surface area contributed by atoms with Crippen molar-refractivity contribution >= 4 is 74.7 Å². The highest BCUT2D eigenvalue weighted by Gasteiger charge is 2.50. The number of hydrogen-bond acceptors (Lipinski definition) is 9. The Balaban J connectivity index is 3.06. The number of carbonyl (C=O) groups is 4. The molecule has 29 heavy (non-hydrogen) atoms. The normalized spacial score (nSPS) is 26.8. The van der Waals surface area contributed by atoms with Crippen LogP contribution in [0.25, 0.3) is 0 Å². The molecule has 0 aromatic carbocycles. The van der Waals surface area contributed by atoms with Crippen molar-refractivity contribution in [2.75, 3.05) is 13.2 Å². The summed E-state index contributed by atoms with van der Waals surface area (Å²) in [6.45, 7) is 2.60. The third-order valence-corrected chi connectivity index (χ3v) is 4.45. The zero-order valence-corrected chi connectivity index (χ0v) is 19.3. The minimum atomic E-state index is -1.83. The smallest absolute Gasteiger partial charge is 0.407 e. The molecular weight excluding hydrogens is 524 g/mol. The number of amides is 1. The summed E-state index contributed by atoms with van der Waals surface area (Å²) in [5.41, 5.74) is 0. The van der Waals surface area contributed by atoms with Gasteiger partial charge < -0.3 is 29.0 Å². The number of alkyl halides is 4. The lowest BCUT2D eigenvalue weighted by Gasteiger charge is -2.43. The van der Waals surface area contributed by atoms with Crippen LogP contribution in [-0.4, -0.2) is 70.4 Å². The first-order chi connectivity index (χ1) is 13.3. The Morgan fingerprint density at radius 2 is 1.52 bits per heavy atom. The molecule has 166 valence electrons. The van der Waals surface area contributed by atoms with Gasteiger partial charge in [-0.2, -0.15) is 0 Å². The Bertz CT molecular complexity index is 631. The summed E-state index contributed by atoms with van der Waals surface area (Å²) in [6, 6.07) is -1.07. The predicted molar refractivity (Wildman–Crippen MR) is 104 cm³/mol. The van der Waals surface area contributed by atoms with Gasteiger partial charge in [-0.15, -0.1) is 0 Å². The van der Waals surface area contributed by atoms with Gasteiger partial charge in [0.15, 0.2) is 12.2 Å². The maximum Gasteiger partial charge on any atom is 0.407 e. The standard InChI is InChI=1S/C15H19BrCl3NO9/c1-6(21)25-4-9-11(27-7(2)22)12(28-8(3)23)10(13(16)29-9)20-14(24)26-5-15(17,18)19/h9-13H,4-5H2,1-3H3,(H,20,24)/t9-,10-,11+,12-,13+/m1/s1. The van der Waals surface area contributed by atoms with Crippen LogP contribution in [0.2, 0.25) is 0 Å². The fourth-order valence-corrected chi connectivity index (χ4v) is 3.24. The van der Waals surface area contributed by atoms with Crippen molar-refractivity contribution in [3.8, 4) is 0 Å². The summed E-state index contributed by atoms with van der Waals surface area (Å²) in [4.78, 5) is 46.4. The van der Waals surface area contributed by atoms with Gasteiger partial charge in [-0.05, 0) is 0 Å². The largest absolute Gasteiger partial charge is 0.463 e. The molecule has 1 amide bonds. The van der Waals surface area contributed by atoms with E-state index in [9.17, 15) is 19.2 Å². The van der Waals surface area contributed by atoms with Gasteiger partial charge in [-0.25, -0.2) is 4.79 Å². The Kier molecular flexibility index (Phi) is 10.2. The molecule has 0 bridgehead atoms. The van der Waals surface area contributed by atoms with Crippen LogP contribution in [0.5, 0.6) is 0 Å². The molecule has 1 saturated heterocycles. The molecular formula is C15H19BrCl3NO9. The van der Waals surface area contributed by atoms with Crippen LogP contribution >= 0.6 is 50.7 Å². The molecule has 0 aliphatic carbocycles. The third kappa shape index (κ3) is 9.56. The number of carbonyl (C=O) groups excluding carboxylic acids is 4. The monoisotopic (exact) mass is 541 g/mol. The lowest BCUT2D eigenvalue weighted by Crippen LogP contribution is -2.65. The summed E-state index contributed by atoms with van der Waals surface area (Å²) in [6.07, 6.45) is -4.42. The van der Waals surface area contributed by atoms with Gasteiger partial charge in [-0.1, -0.05) is 50.7 Å². The van der Waals surface area contributed by atoms with Gasteiger partial charge in [0, 0.05) is 20.8 Å². The Morgan fingerprint density at radius 3 is 2.00 bits per heavy atom. The van der Waals surface area contributed by atoms with Crippen molar-refractivity contribution in [1.29, 1.82) is 0 Å². The van der Waals surface area contributed by atoms with Gasteiger partial charge in [-0.3, -0.25) is 14.4 Å². The molecule has 1 heterocycles. The second-order valence-corrected chi connectivity index (χ2v) is 9.26. The first-order valence-corrected chi connectivity index (χ1v) is 10.1. The van der Waals surface area contributed by atoms with Gasteiger partial charge >= 0.3 is 24.0 Å². The molecule has 0 radical (unpaired) electrons. The third-order valence-electron chi connectivity index (χ3n) is 3.34. The first kappa shape index (κ1) is 26.0. The Hall–Kier alpha value is -1.01. The number of hydrogen-bond donors (Lipinski definition) is 1. The topological polar surface area (TPSA) is 126 Å². The van der Waals surface area contributed by atoms with Gasteiger partial charge in [0.05, 0.1) is 0 Å². The summed E-state index contributed by atoms with van der Waals surface area (Å²) in [7, 11) is 0. The fourth-order valence-electron chi connectivity index (χ4n) is 2.37. The SMILES string of the molecule is CC(=O)OC[C@H]1O[C@H](Br)[C@H](NC(=O)OCC(Cl)(Cl)Cl)[C@@H](OC(C)=O)[C@H]1OC(C)=O. The molecule has 0 aromatic heterocycles. The van der Waals surface area contributed by atoms with E-state index in [2.05, 4.69) is 21.2 Å². The number of rotatable bonds is 6. The lowest BCUT2D eigenvalue weighted by atomic mass is 9.97. The lowest BCUT2D eigenvalue weighted by molar-refractivity contribution is -0.210. The van der Waals surface area contributed by atoms with Crippen LogP contribution in [0.1, 0.15) is 20.8 Å². The highest BCUT2D eigenvalue weighted by molar-refractivity contribution is 9.09. The molecule has 0 unspecified atom stereocenters. The van der Waals surface area contributed by atoms with Crippen molar-refractivity contribution in [2.24, 2.45) is 0 Å². The van der Waals surface area contributed by atoms with E-state index in [4.69, 9.17) is 58.5 Å². The molecule has 1 fully saturated rings. The predicted octanol–water partition coefficient (Wildman–Crippen LogP) is 2.00. The van der Waals surface area contributed by atoms with E-state index in [-0.39, 0.29) is 6.61 Å². The summed E-state index contributed by atoms with van der Waals surface area (Å²) in [5.74, 6) is -2.03. The van der Waals surface area contributed by atoms with Gasteiger partial charge in [0.1, 0.15) is 30.4 Å². The molecule has 1 aliphatic heterocycles. The van der Waals surface area contributed by atoms with Crippen LogP contribution in [0.4, 0.5) is 4.79 Å². The maximum absolute atomic E-state index is 12.1. The maximum atomic E-state index is 12.1. The number of nitrogens with one attached hydrogen (secondary N) is 1. The Morgan fingerprint density at radius 1 is 0.966 bits per heavy atom. The van der Waals surface area contributed by atoms with Crippen LogP contribution in [0.3, 0.4) is 0 Å². The van der Waals surface area contributed by atoms with E-state index in [1.165, 1.54) is 6.92 Å². The van der Waals surface area contributed by atoms with E-state index < -0.39 is 63.8 Å². The Labute approximate surface area is 189 Å². The fraction of sp³-hybridized carbons (Fsp3) is 0.733. The summed E-state index contributed by atoms with van der Waals surface area (Å²) in [5, 5.41) is 1.46. The van der Waals surface area contributed by atoms with E-state index in [1.807, 2.05) is 0 Å². The van der Waals surface area contributed by atoms with Crippen molar-refractivity contribution in [1.82, 2.24) is 5.32 Å².